The lowest BCUT2D eigenvalue weighted by atomic mass is 10.0. The Balaban J connectivity index is 1.85. The van der Waals surface area contributed by atoms with Crippen molar-refractivity contribution in [1.29, 1.82) is 0 Å². The van der Waals surface area contributed by atoms with E-state index in [2.05, 4.69) is 20.9 Å². The molecule has 2 aromatic carbocycles. The molecular weight excluding hydrogens is 358 g/mol. The Morgan fingerprint density at radius 1 is 1.00 bits per heavy atom. The number of carbonyl (C=O) groups excluding carboxylic acids is 2. The highest BCUT2D eigenvalue weighted by Crippen LogP contribution is 2.23. The van der Waals surface area contributed by atoms with Crippen molar-refractivity contribution in [3.05, 3.63) is 70.3 Å². The van der Waals surface area contributed by atoms with Gasteiger partial charge in [0.25, 0.3) is 0 Å². The number of para-hydroxylation sites is 1. The van der Waals surface area contributed by atoms with Crippen LogP contribution in [0.1, 0.15) is 27.3 Å². The second-order valence-corrected chi connectivity index (χ2v) is 5.99. The normalized spacial score (nSPS) is 10.7. The number of phenols is 1. The van der Waals surface area contributed by atoms with Gasteiger partial charge in [0.05, 0.1) is 17.5 Å². The molecule has 0 saturated carbocycles. The highest BCUT2D eigenvalue weighted by atomic mass is 79.9. The van der Waals surface area contributed by atoms with Crippen molar-refractivity contribution in [3.8, 4) is 5.75 Å². The molecule has 23 heavy (non-hydrogen) atoms. The van der Waals surface area contributed by atoms with E-state index in [1.54, 1.807) is 18.2 Å². The molecule has 114 valence electrons. The van der Waals surface area contributed by atoms with Crippen LogP contribution in [-0.2, 0) is 0 Å². The number of phenolic OH excluding ortho intramolecular Hbond substituents is 1. The van der Waals surface area contributed by atoms with Gasteiger partial charge in [-0.2, -0.15) is 0 Å². The molecule has 0 aliphatic heterocycles. The number of hydrogen-bond acceptors (Lipinski definition) is 4. The first-order valence-corrected chi connectivity index (χ1v) is 7.74. The molecule has 0 spiro atoms. The minimum atomic E-state index is -0.441. The Hall–Kier alpha value is -2.53. The number of halogens is 1. The number of fused-ring (bicyclic) bond motifs is 1. The van der Waals surface area contributed by atoms with Crippen LogP contribution >= 0.6 is 15.9 Å². The van der Waals surface area contributed by atoms with E-state index >= 15 is 0 Å². The third-order valence-electron chi connectivity index (χ3n) is 3.46. The SMILES string of the molecule is O=C(CC(=O)c1cc(Br)ccc1O)c1ccc2ccccc2n1. The van der Waals surface area contributed by atoms with E-state index in [0.29, 0.717) is 9.99 Å². The lowest BCUT2D eigenvalue weighted by Gasteiger charge is -2.05. The van der Waals surface area contributed by atoms with Crippen LogP contribution in [0.25, 0.3) is 10.9 Å². The Labute approximate surface area is 140 Å². The third-order valence-corrected chi connectivity index (χ3v) is 3.96. The minimum absolute atomic E-state index is 0.119. The van der Waals surface area contributed by atoms with Gasteiger partial charge in [-0.3, -0.25) is 9.59 Å². The summed E-state index contributed by atoms with van der Waals surface area (Å²) in [5.41, 5.74) is 1.07. The van der Waals surface area contributed by atoms with Crippen LogP contribution < -0.4 is 0 Å². The van der Waals surface area contributed by atoms with Gasteiger partial charge in [-0.15, -0.1) is 0 Å². The Morgan fingerprint density at radius 3 is 2.61 bits per heavy atom. The van der Waals surface area contributed by atoms with Gasteiger partial charge < -0.3 is 5.11 Å². The first-order chi connectivity index (χ1) is 11.0. The number of hydrogen-bond donors (Lipinski definition) is 1. The largest absolute Gasteiger partial charge is 0.507 e. The summed E-state index contributed by atoms with van der Waals surface area (Å²) in [6, 6.07) is 15.4. The molecule has 0 aliphatic rings. The molecule has 0 bridgehead atoms. The molecule has 5 heteroatoms. The standard InChI is InChI=1S/C18H12BrNO3/c19-12-6-8-16(21)13(9-12)17(22)10-18(23)15-7-5-11-3-1-2-4-14(11)20-15/h1-9,21H,10H2. The number of nitrogens with zero attached hydrogens (tertiary/aromatic N) is 1. The average Bonchev–Trinajstić information content (AvgIpc) is 2.56. The predicted molar refractivity (Wildman–Crippen MR) is 90.8 cm³/mol. The molecule has 3 aromatic rings. The van der Waals surface area contributed by atoms with Gasteiger partial charge in [0.1, 0.15) is 11.4 Å². The maximum absolute atomic E-state index is 12.3. The lowest BCUT2D eigenvalue weighted by Crippen LogP contribution is -2.10. The van der Waals surface area contributed by atoms with Gasteiger partial charge in [-0.05, 0) is 30.3 Å². The smallest absolute Gasteiger partial charge is 0.188 e. The predicted octanol–water partition coefficient (Wildman–Crippen LogP) is 4.16. The van der Waals surface area contributed by atoms with E-state index in [-0.39, 0.29) is 29.2 Å². The fourth-order valence-corrected chi connectivity index (χ4v) is 2.65. The number of benzene rings is 2. The molecule has 1 aromatic heterocycles. The van der Waals surface area contributed by atoms with Crippen molar-refractivity contribution in [3.63, 3.8) is 0 Å². The van der Waals surface area contributed by atoms with Crippen LogP contribution in [0.5, 0.6) is 5.75 Å². The lowest BCUT2D eigenvalue weighted by molar-refractivity contribution is 0.0890. The number of rotatable bonds is 4. The summed E-state index contributed by atoms with van der Waals surface area (Å²) in [5.74, 6) is -0.957. The van der Waals surface area contributed by atoms with Crippen molar-refractivity contribution in [2.45, 2.75) is 6.42 Å². The van der Waals surface area contributed by atoms with Crippen LogP contribution in [0, 0.1) is 0 Å². The fraction of sp³-hybridized carbons (Fsp3) is 0.0556. The second kappa shape index (κ2) is 6.30. The fourth-order valence-electron chi connectivity index (χ4n) is 2.28. The molecule has 0 saturated heterocycles. The quantitative estimate of drug-likeness (QED) is 0.553. The maximum Gasteiger partial charge on any atom is 0.188 e. The van der Waals surface area contributed by atoms with Gasteiger partial charge in [0.15, 0.2) is 11.6 Å². The van der Waals surface area contributed by atoms with Crippen molar-refractivity contribution in [2.24, 2.45) is 0 Å². The molecule has 0 atom stereocenters. The zero-order valence-electron chi connectivity index (χ0n) is 12.0. The zero-order valence-corrected chi connectivity index (χ0v) is 13.6. The molecule has 1 N–H and O–H groups in total. The van der Waals surface area contributed by atoms with E-state index in [1.807, 2.05) is 24.3 Å². The van der Waals surface area contributed by atoms with E-state index < -0.39 is 5.78 Å². The molecular formula is C18H12BrNO3. The summed E-state index contributed by atoms with van der Waals surface area (Å²) in [5, 5.41) is 10.7. The molecule has 0 radical (unpaired) electrons. The summed E-state index contributed by atoms with van der Waals surface area (Å²) < 4.78 is 0.662. The Bertz CT molecular complexity index is 921. The molecule has 0 unspecified atom stereocenters. The number of carbonyl (C=O) groups is 2. The highest BCUT2D eigenvalue weighted by Gasteiger charge is 2.18. The number of pyridine rings is 1. The van der Waals surface area contributed by atoms with Crippen LogP contribution in [-0.4, -0.2) is 21.7 Å². The van der Waals surface area contributed by atoms with E-state index in [9.17, 15) is 14.7 Å². The van der Waals surface area contributed by atoms with E-state index in [1.165, 1.54) is 12.1 Å². The van der Waals surface area contributed by atoms with Gasteiger partial charge in [0.2, 0.25) is 0 Å². The monoisotopic (exact) mass is 369 g/mol. The molecule has 0 aliphatic carbocycles. The number of aromatic hydroxyl groups is 1. The number of Topliss-reactive ketones (excluding diaryl/α,β-unsaturated/α-hetero) is 2. The summed E-state index contributed by atoms with van der Waals surface area (Å²) in [7, 11) is 0. The topological polar surface area (TPSA) is 67.3 Å². The van der Waals surface area contributed by atoms with Gasteiger partial charge in [-0.25, -0.2) is 4.98 Å². The van der Waals surface area contributed by atoms with Crippen LogP contribution in [0.3, 0.4) is 0 Å². The molecule has 3 rings (SSSR count). The van der Waals surface area contributed by atoms with Crippen LogP contribution in [0.2, 0.25) is 0 Å². The summed E-state index contributed by atoms with van der Waals surface area (Å²) in [6.45, 7) is 0. The highest BCUT2D eigenvalue weighted by molar-refractivity contribution is 9.10. The zero-order chi connectivity index (χ0) is 16.4. The van der Waals surface area contributed by atoms with Crippen LogP contribution in [0.15, 0.2) is 59.1 Å². The molecule has 0 fully saturated rings. The van der Waals surface area contributed by atoms with E-state index in [4.69, 9.17) is 0 Å². The third kappa shape index (κ3) is 3.29. The van der Waals surface area contributed by atoms with Crippen LogP contribution in [0.4, 0.5) is 0 Å². The van der Waals surface area contributed by atoms with Gasteiger partial charge in [-0.1, -0.05) is 40.2 Å². The summed E-state index contributed by atoms with van der Waals surface area (Å²) >= 11 is 3.24. The first-order valence-electron chi connectivity index (χ1n) is 6.95. The van der Waals surface area contributed by atoms with Gasteiger partial charge >= 0.3 is 0 Å². The Kier molecular flexibility index (Phi) is 4.21. The first kappa shape index (κ1) is 15.4. The van der Waals surface area contributed by atoms with E-state index in [0.717, 1.165) is 5.39 Å². The molecule has 1 heterocycles. The Morgan fingerprint density at radius 2 is 1.78 bits per heavy atom. The molecule has 0 amide bonds. The maximum atomic E-state index is 12.3. The summed E-state index contributed by atoms with van der Waals surface area (Å²) in [6.07, 6.45) is -0.338. The average molecular weight is 370 g/mol. The number of ketones is 2. The van der Waals surface area contributed by atoms with Crippen molar-refractivity contribution in [2.75, 3.05) is 0 Å². The minimum Gasteiger partial charge on any atom is -0.507 e. The van der Waals surface area contributed by atoms with Crippen molar-refractivity contribution >= 4 is 38.4 Å². The van der Waals surface area contributed by atoms with Crippen molar-refractivity contribution < 1.29 is 14.7 Å². The summed E-state index contributed by atoms with van der Waals surface area (Å²) in [4.78, 5) is 28.8. The van der Waals surface area contributed by atoms with Crippen molar-refractivity contribution in [1.82, 2.24) is 4.98 Å². The van der Waals surface area contributed by atoms with Gasteiger partial charge in [0, 0.05) is 9.86 Å². The number of aromatic nitrogens is 1. The second-order valence-electron chi connectivity index (χ2n) is 5.07. The molecule has 4 nitrogen and oxygen atoms in total.